The fourth-order valence-electron chi connectivity index (χ4n) is 1.66. The number of benzene rings is 2. The summed E-state index contributed by atoms with van der Waals surface area (Å²) in [6.45, 7) is 2.00. The van der Waals surface area contributed by atoms with E-state index >= 15 is 0 Å². The molecule has 1 N–H and O–H groups in total. The third-order valence-corrected chi connectivity index (χ3v) is 2.68. The van der Waals surface area contributed by atoms with Crippen molar-refractivity contribution in [2.24, 2.45) is 10.2 Å². The van der Waals surface area contributed by atoms with E-state index in [0.29, 0.717) is 12.2 Å². The number of nitrogens with zero attached hydrogens (tertiary/aromatic N) is 2. The summed E-state index contributed by atoms with van der Waals surface area (Å²) in [4.78, 5) is 0. The lowest BCUT2D eigenvalue weighted by Crippen LogP contribution is -2.14. The molecule has 0 aliphatic rings. The first-order valence-corrected chi connectivity index (χ1v) is 6.69. The Bertz CT molecular complexity index is 538. The summed E-state index contributed by atoms with van der Waals surface area (Å²) in [5, 5.41) is 17.8. The van der Waals surface area contributed by atoms with Crippen LogP contribution < -0.4 is 4.74 Å². The standard InChI is InChI=1S/C16H18N2O2/c1-2-6-16(19)20-15-11-9-14(10-12-15)18-17-13-7-4-3-5-8-13/h3-5,7-12,16,19H,2,6H2,1H3. The molecule has 1 atom stereocenters. The Labute approximate surface area is 118 Å². The first kappa shape index (κ1) is 14.2. The summed E-state index contributed by atoms with van der Waals surface area (Å²) in [5.74, 6) is 0.629. The van der Waals surface area contributed by atoms with Gasteiger partial charge in [-0.05, 0) is 36.4 Å². The van der Waals surface area contributed by atoms with Gasteiger partial charge in [0.15, 0.2) is 6.29 Å². The molecular weight excluding hydrogens is 252 g/mol. The van der Waals surface area contributed by atoms with Crippen LogP contribution >= 0.6 is 0 Å². The SMILES string of the molecule is CCCC(O)Oc1ccc(N=Nc2ccccc2)cc1. The van der Waals surface area contributed by atoms with E-state index in [9.17, 15) is 5.11 Å². The van der Waals surface area contributed by atoms with Crippen molar-refractivity contribution in [3.63, 3.8) is 0 Å². The van der Waals surface area contributed by atoms with Crippen LogP contribution in [0, 0.1) is 0 Å². The van der Waals surface area contributed by atoms with Crippen molar-refractivity contribution in [1.82, 2.24) is 0 Å². The molecule has 0 spiro atoms. The molecule has 20 heavy (non-hydrogen) atoms. The molecule has 0 radical (unpaired) electrons. The molecule has 4 heteroatoms. The molecule has 0 saturated carbocycles. The van der Waals surface area contributed by atoms with Crippen molar-refractivity contribution in [3.05, 3.63) is 54.6 Å². The molecule has 1 unspecified atom stereocenters. The first-order chi connectivity index (χ1) is 9.78. The van der Waals surface area contributed by atoms with E-state index in [1.54, 1.807) is 24.3 Å². The van der Waals surface area contributed by atoms with Crippen LogP contribution in [0.1, 0.15) is 19.8 Å². The van der Waals surface area contributed by atoms with E-state index in [-0.39, 0.29) is 0 Å². The van der Waals surface area contributed by atoms with E-state index < -0.39 is 6.29 Å². The summed E-state index contributed by atoms with van der Waals surface area (Å²) < 4.78 is 5.36. The van der Waals surface area contributed by atoms with E-state index in [4.69, 9.17) is 4.74 Å². The highest BCUT2D eigenvalue weighted by Gasteiger charge is 2.03. The summed E-state index contributed by atoms with van der Waals surface area (Å²) in [6, 6.07) is 16.7. The van der Waals surface area contributed by atoms with Gasteiger partial charge in [0.25, 0.3) is 0 Å². The lowest BCUT2D eigenvalue weighted by molar-refractivity contribution is -0.0232. The lowest BCUT2D eigenvalue weighted by Gasteiger charge is -2.12. The maximum Gasteiger partial charge on any atom is 0.197 e. The maximum absolute atomic E-state index is 9.56. The molecule has 0 aliphatic heterocycles. The van der Waals surface area contributed by atoms with Crippen molar-refractivity contribution in [2.45, 2.75) is 26.1 Å². The van der Waals surface area contributed by atoms with E-state index in [2.05, 4.69) is 10.2 Å². The van der Waals surface area contributed by atoms with Crippen LogP contribution in [0.3, 0.4) is 0 Å². The van der Waals surface area contributed by atoms with Crippen LogP contribution in [0.2, 0.25) is 0 Å². The Morgan fingerprint density at radius 2 is 1.55 bits per heavy atom. The van der Waals surface area contributed by atoms with Gasteiger partial charge in [-0.2, -0.15) is 10.2 Å². The van der Waals surface area contributed by atoms with Gasteiger partial charge in [0.05, 0.1) is 11.4 Å². The minimum Gasteiger partial charge on any atom is -0.465 e. The van der Waals surface area contributed by atoms with E-state index in [0.717, 1.165) is 17.8 Å². The zero-order valence-corrected chi connectivity index (χ0v) is 11.4. The second kappa shape index (κ2) is 7.40. The van der Waals surface area contributed by atoms with Crippen molar-refractivity contribution >= 4 is 11.4 Å². The normalized spacial score (nSPS) is 12.5. The minimum atomic E-state index is -0.753. The van der Waals surface area contributed by atoms with Gasteiger partial charge < -0.3 is 9.84 Å². The van der Waals surface area contributed by atoms with Crippen molar-refractivity contribution in [1.29, 1.82) is 0 Å². The molecule has 2 rings (SSSR count). The van der Waals surface area contributed by atoms with Crippen LogP contribution in [0.5, 0.6) is 5.75 Å². The highest BCUT2D eigenvalue weighted by molar-refractivity contribution is 5.42. The Morgan fingerprint density at radius 1 is 0.950 bits per heavy atom. The number of azo groups is 1. The molecule has 4 nitrogen and oxygen atoms in total. The van der Waals surface area contributed by atoms with Crippen LogP contribution in [0.4, 0.5) is 11.4 Å². The highest BCUT2D eigenvalue weighted by atomic mass is 16.6. The second-order valence-electron chi connectivity index (χ2n) is 4.39. The third-order valence-electron chi connectivity index (χ3n) is 2.68. The molecular formula is C16H18N2O2. The number of hydrogen-bond acceptors (Lipinski definition) is 4. The van der Waals surface area contributed by atoms with Gasteiger partial charge in [-0.1, -0.05) is 31.5 Å². The van der Waals surface area contributed by atoms with E-state index in [1.165, 1.54) is 0 Å². The summed E-state index contributed by atoms with van der Waals surface area (Å²) in [5.41, 5.74) is 1.55. The van der Waals surface area contributed by atoms with Gasteiger partial charge in [-0.3, -0.25) is 0 Å². The highest BCUT2D eigenvalue weighted by Crippen LogP contribution is 2.21. The summed E-state index contributed by atoms with van der Waals surface area (Å²) >= 11 is 0. The first-order valence-electron chi connectivity index (χ1n) is 6.69. The topological polar surface area (TPSA) is 54.2 Å². The molecule has 104 valence electrons. The summed E-state index contributed by atoms with van der Waals surface area (Å²) in [6.07, 6.45) is 0.747. The molecule has 0 aromatic heterocycles. The summed E-state index contributed by atoms with van der Waals surface area (Å²) in [7, 11) is 0. The van der Waals surface area contributed by atoms with Crippen LogP contribution in [0.25, 0.3) is 0 Å². The quantitative estimate of drug-likeness (QED) is 0.616. The second-order valence-corrected chi connectivity index (χ2v) is 4.39. The van der Waals surface area contributed by atoms with Gasteiger partial charge in [-0.15, -0.1) is 0 Å². The van der Waals surface area contributed by atoms with Gasteiger partial charge in [0, 0.05) is 6.42 Å². The van der Waals surface area contributed by atoms with Crippen LogP contribution in [0.15, 0.2) is 64.8 Å². The predicted octanol–water partition coefficient (Wildman–Crippen LogP) is 4.60. The monoisotopic (exact) mass is 270 g/mol. The molecule has 0 saturated heterocycles. The molecule has 0 amide bonds. The minimum absolute atomic E-state index is 0.621. The smallest absolute Gasteiger partial charge is 0.197 e. The number of ether oxygens (including phenoxy) is 1. The van der Waals surface area contributed by atoms with Crippen molar-refractivity contribution < 1.29 is 9.84 Å². The zero-order chi connectivity index (χ0) is 14.2. The Kier molecular flexibility index (Phi) is 5.26. The molecule has 0 fully saturated rings. The Hall–Kier alpha value is -2.20. The molecule has 0 aliphatic carbocycles. The third kappa shape index (κ3) is 4.48. The molecule has 0 heterocycles. The number of aliphatic hydroxyl groups is 1. The van der Waals surface area contributed by atoms with Crippen LogP contribution in [-0.2, 0) is 0 Å². The largest absolute Gasteiger partial charge is 0.465 e. The molecule has 2 aromatic rings. The maximum atomic E-state index is 9.56. The average molecular weight is 270 g/mol. The number of hydrogen-bond donors (Lipinski definition) is 1. The van der Waals surface area contributed by atoms with Gasteiger partial charge in [0.1, 0.15) is 5.75 Å². The fraction of sp³-hybridized carbons (Fsp3) is 0.250. The Morgan fingerprint density at radius 3 is 2.15 bits per heavy atom. The zero-order valence-electron chi connectivity index (χ0n) is 11.4. The predicted molar refractivity (Wildman–Crippen MR) is 78.6 cm³/mol. The van der Waals surface area contributed by atoms with Crippen molar-refractivity contribution in [3.8, 4) is 5.75 Å². The number of rotatable bonds is 6. The van der Waals surface area contributed by atoms with Gasteiger partial charge in [0.2, 0.25) is 0 Å². The van der Waals surface area contributed by atoms with Gasteiger partial charge in [-0.25, -0.2) is 0 Å². The fourth-order valence-corrected chi connectivity index (χ4v) is 1.66. The van der Waals surface area contributed by atoms with Gasteiger partial charge >= 0.3 is 0 Å². The molecule has 0 bridgehead atoms. The molecule has 2 aromatic carbocycles. The number of aliphatic hydroxyl groups excluding tert-OH is 1. The van der Waals surface area contributed by atoms with Crippen molar-refractivity contribution in [2.75, 3.05) is 0 Å². The van der Waals surface area contributed by atoms with E-state index in [1.807, 2.05) is 37.3 Å². The Balaban J connectivity index is 1.96. The lowest BCUT2D eigenvalue weighted by atomic mass is 10.3. The average Bonchev–Trinajstić information content (AvgIpc) is 2.48. The van der Waals surface area contributed by atoms with Crippen LogP contribution in [-0.4, -0.2) is 11.4 Å².